The molecule has 1 aliphatic carbocycles. The van der Waals surface area contributed by atoms with Gasteiger partial charge < -0.3 is 0 Å². The number of amides is 4. The smallest absolute Gasteiger partial charge is 0.277 e. The topological polar surface area (TPSA) is 66.5 Å². The number of rotatable bonds is 4. The number of hydrogen-bond donors (Lipinski definition) is 1. The highest BCUT2D eigenvalue weighted by atomic mass is 32.2. The van der Waals surface area contributed by atoms with Crippen molar-refractivity contribution in [3.8, 4) is 0 Å². The van der Waals surface area contributed by atoms with Crippen molar-refractivity contribution in [2.75, 3.05) is 18.6 Å². The molecule has 18 heavy (non-hydrogen) atoms. The molecule has 6 heteroatoms. The highest BCUT2D eigenvalue weighted by Gasteiger charge is 2.44. The first-order chi connectivity index (χ1) is 8.65. The molecule has 1 heterocycles. The molecule has 0 spiro atoms. The Hall–Kier alpha value is -1.04. The Kier molecular flexibility index (Phi) is 4.27. The zero-order chi connectivity index (χ0) is 13.1. The van der Waals surface area contributed by atoms with Gasteiger partial charge in [0.2, 0.25) is 11.8 Å². The average Bonchev–Trinajstić information content (AvgIpc) is 2.82. The van der Waals surface area contributed by atoms with Crippen molar-refractivity contribution in [1.82, 2.24) is 10.2 Å². The number of thioether (sulfide) groups is 1. The van der Waals surface area contributed by atoms with Crippen LogP contribution in [0.25, 0.3) is 0 Å². The summed E-state index contributed by atoms with van der Waals surface area (Å²) in [4.78, 5) is 37.0. The van der Waals surface area contributed by atoms with Crippen molar-refractivity contribution in [1.29, 1.82) is 0 Å². The monoisotopic (exact) mass is 270 g/mol. The molecule has 100 valence electrons. The first kappa shape index (κ1) is 13.4. The van der Waals surface area contributed by atoms with E-state index in [1.165, 1.54) is 4.90 Å². The van der Waals surface area contributed by atoms with E-state index in [4.69, 9.17) is 0 Å². The van der Waals surface area contributed by atoms with Gasteiger partial charge in [-0.2, -0.15) is 11.8 Å². The molecule has 1 saturated heterocycles. The fraction of sp³-hybridized carbons (Fsp3) is 0.750. The standard InChI is InChI=1S/C12H18N2O3S/c1-18-7-6-14-11(16)9(8-4-2-3-5-8)10(15)13-12(14)17/h8-9H,2-7H2,1H3,(H,13,15,17). The van der Waals surface area contributed by atoms with Crippen LogP contribution < -0.4 is 5.32 Å². The van der Waals surface area contributed by atoms with Crippen molar-refractivity contribution in [2.45, 2.75) is 25.7 Å². The van der Waals surface area contributed by atoms with Gasteiger partial charge in [-0.1, -0.05) is 12.8 Å². The molecule has 2 aliphatic rings. The van der Waals surface area contributed by atoms with Gasteiger partial charge in [0.25, 0.3) is 0 Å². The summed E-state index contributed by atoms with van der Waals surface area (Å²) in [7, 11) is 0. The Balaban J connectivity index is 2.11. The van der Waals surface area contributed by atoms with Gasteiger partial charge in [0, 0.05) is 12.3 Å². The first-order valence-electron chi connectivity index (χ1n) is 6.30. The van der Waals surface area contributed by atoms with Gasteiger partial charge >= 0.3 is 6.03 Å². The molecule has 1 atom stereocenters. The number of hydrogen-bond acceptors (Lipinski definition) is 4. The van der Waals surface area contributed by atoms with Crippen molar-refractivity contribution in [3.63, 3.8) is 0 Å². The molecule has 0 aromatic rings. The SMILES string of the molecule is CSCCN1C(=O)NC(=O)C(C2CCCC2)C1=O. The van der Waals surface area contributed by atoms with Crippen LogP contribution in [-0.2, 0) is 9.59 Å². The summed E-state index contributed by atoms with van der Waals surface area (Å²) >= 11 is 1.57. The minimum atomic E-state index is -0.646. The van der Waals surface area contributed by atoms with Crippen LogP contribution in [0, 0.1) is 11.8 Å². The summed E-state index contributed by atoms with van der Waals surface area (Å²) in [5.41, 5.74) is 0. The highest BCUT2D eigenvalue weighted by molar-refractivity contribution is 7.98. The van der Waals surface area contributed by atoms with E-state index in [0.29, 0.717) is 12.3 Å². The fourth-order valence-corrected chi connectivity index (χ4v) is 3.10. The van der Waals surface area contributed by atoms with Gasteiger partial charge in [0.05, 0.1) is 0 Å². The third-order valence-corrected chi connectivity index (χ3v) is 4.27. The van der Waals surface area contributed by atoms with Gasteiger partial charge in [-0.3, -0.25) is 19.8 Å². The maximum absolute atomic E-state index is 12.3. The first-order valence-corrected chi connectivity index (χ1v) is 7.69. The molecule has 2 fully saturated rings. The Labute approximate surface area is 111 Å². The number of barbiturate groups is 1. The molecule has 0 aromatic carbocycles. The molecule has 2 rings (SSSR count). The van der Waals surface area contributed by atoms with E-state index in [1.807, 2.05) is 6.26 Å². The van der Waals surface area contributed by atoms with Gasteiger partial charge in [-0.15, -0.1) is 0 Å². The van der Waals surface area contributed by atoms with Crippen LogP contribution >= 0.6 is 11.8 Å². The molecule has 1 saturated carbocycles. The van der Waals surface area contributed by atoms with E-state index >= 15 is 0 Å². The summed E-state index contributed by atoms with van der Waals surface area (Å²) < 4.78 is 0. The second-order valence-corrected chi connectivity index (χ2v) is 5.78. The highest BCUT2D eigenvalue weighted by Crippen LogP contribution is 2.33. The molecule has 4 amide bonds. The summed E-state index contributed by atoms with van der Waals surface area (Å²) in [5.74, 6) is -0.540. The zero-order valence-electron chi connectivity index (χ0n) is 10.5. The van der Waals surface area contributed by atoms with E-state index in [9.17, 15) is 14.4 Å². The summed E-state index contributed by atoms with van der Waals surface area (Å²) in [6.07, 6.45) is 5.88. The minimum absolute atomic E-state index is 0.113. The fourth-order valence-electron chi connectivity index (χ4n) is 2.73. The van der Waals surface area contributed by atoms with E-state index in [2.05, 4.69) is 5.32 Å². The van der Waals surface area contributed by atoms with Gasteiger partial charge in [0.1, 0.15) is 5.92 Å². The van der Waals surface area contributed by atoms with E-state index < -0.39 is 17.9 Å². The molecule has 1 N–H and O–H groups in total. The number of nitrogens with zero attached hydrogens (tertiary/aromatic N) is 1. The largest absolute Gasteiger partial charge is 0.330 e. The molecule has 0 radical (unpaired) electrons. The Morgan fingerprint density at radius 2 is 1.94 bits per heavy atom. The maximum atomic E-state index is 12.3. The van der Waals surface area contributed by atoms with Gasteiger partial charge in [0.15, 0.2) is 0 Å². The maximum Gasteiger partial charge on any atom is 0.330 e. The Morgan fingerprint density at radius 3 is 2.56 bits per heavy atom. The Morgan fingerprint density at radius 1 is 1.28 bits per heavy atom. The number of urea groups is 1. The van der Waals surface area contributed by atoms with Crippen LogP contribution in [0.2, 0.25) is 0 Å². The third-order valence-electron chi connectivity index (χ3n) is 3.68. The van der Waals surface area contributed by atoms with Crippen LogP contribution in [0.5, 0.6) is 0 Å². The predicted molar refractivity (Wildman–Crippen MR) is 69.1 cm³/mol. The molecule has 0 aromatic heterocycles. The lowest BCUT2D eigenvalue weighted by Crippen LogP contribution is -2.59. The van der Waals surface area contributed by atoms with Crippen molar-refractivity contribution in [3.05, 3.63) is 0 Å². The summed E-state index contributed by atoms with van der Waals surface area (Å²) in [5, 5.41) is 2.31. The third kappa shape index (κ3) is 2.53. The van der Waals surface area contributed by atoms with E-state index in [-0.39, 0.29) is 11.8 Å². The molecular weight excluding hydrogens is 252 g/mol. The lowest BCUT2D eigenvalue weighted by atomic mass is 9.87. The van der Waals surface area contributed by atoms with Crippen LogP contribution in [0.1, 0.15) is 25.7 Å². The van der Waals surface area contributed by atoms with Crippen LogP contribution in [-0.4, -0.2) is 41.3 Å². The second-order valence-electron chi connectivity index (χ2n) is 4.80. The quantitative estimate of drug-likeness (QED) is 0.780. The van der Waals surface area contributed by atoms with E-state index in [0.717, 1.165) is 25.7 Å². The van der Waals surface area contributed by atoms with Crippen molar-refractivity contribution >= 4 is 29.6 Å². The number of imide groups is 2. The van der Waals surface area contributed by atoms with Crippen LogP contribution in [0.3, 0.4) is 0 Å². The molecule has 1 unspecified atom stereocenters. The van der Waals surface area contributed by atoms with Gasteiger partial charge in [-0.25, -0.2) is 4.79 Å². The number of nitrogens with one attached hydrogen (secondary N) is 1. The second kappa shape index (κ2) is 5.73. The zero-order valence-corrected chi connectivity index (χ0v) is 11.3. The summed E-state index contributed by atoms with van der Waals surface area (Å²) in [6, 6.07) is -0.562. The molecule has 0 bridgehead atoms. The minimum Gasteiger partial charge on any atom is -0.277 e. The Bertz CT molecular complexity index is 366. The lowest BCUT2D eigenvalue weighted by molar-refractivity contribution is -0.144. The van der Waals surface area contributed by atoms with Gasteiger partial charge in [-0.05, 0) is 25.0 Å². The molecule has 1 aliphatic heterocycles. The lowest BCUT2D eigenvalue weighted by Gasteiger charge is -2.32. The van der Waals surface area contributed by atoms with Crippen LogP contribution in [0.15, 0.2) is 0 Å². The molecular formula is C12H18N2O3S. The van der Waals surface area contributed by atoms with Crippen molar-refractivity contribution < 1.29 is 14.4 Å². The molecule has 5 nitrogen and oxygen atoms in total. The number of carbonyl (C=O) groups is 3. The average molecular weight is 270 g/mol. The van der Waals surface area contributed by atoms with E-state index in [1.54, 1.807) is 11.8 Å². The predicted octanol–water partition coefficient (Wildman–Crippen LogP) is 1.23. The number of carbonyl (C=O) groups excluding carboxylic acids is 3. The normalized spacial score (nSPS) is 25.7. The van der Waals surface area contributed by atoms with Crippen LogP contribution in [0.4, 0.5) is 4.79 Å². The van der Waals surface area contributed by atoms with Crippen molar-refractivity contribution in [2.24, 2.45) is 11.8 Å². The summed E-state index contributed by atoms with van der Waals surface area (Å²) in [6.45, 7) is 0.377.